The summed E-state index contributed by atoms with van der Waals surface area (Å²) < 4.78 is 20.3. The molecule has 7 heteroatoms. The molecule has 0 aromatic heterocycles. The lowest BCUT2D eigenvalue weighted by atomic mass is 10.0. The first-order chi connectivity index (χ1) is 8.90. The molecular formula is C12H17O7. The number of hydrogen-bond donors (Lipinski definition) is 0. The molecule has 7 nitrogen and oxygen atoms in total. The third kappa shape index (κ3) is 5.25. The fraction of sp³-hybridized carbons (Fsp3) is 0.667. The Bertz CT molecular complexity index is 352. The second-order valence-electron chi connectivity index (χ2n) is 4.10. The van der Waals surface area contributed by atoms with Gasteiger partial charge in [0, 0.05) is 27.2 Å². The van der Waals surface area contributed by atoms with E-state index in [1.165, 1.54) is 27.4 Å². The Morgan fingerprint density at radius 1 is 1.11 bits per heavy atom. The highest BCUT2D eigenvalue weighted by atomic mass is 16.6. The molecule has 3 atom stereocenters. The van der Waals surface area contributed by atoms with Crippen molar-refractivity contribution < 1.29 is 33.3 Å². The minimum Gasteiger partial charge on any atom is -0.463 e. The molecule has 0 saturated carbocycles. The number of carbonyl (C=O) groups excluding carboxylic acids is 3. The molecule has 19 heavy (non-hydrogen) atoms. The van der Waals surface area contributed by atoms with Crippen LogP contribution in [0.1, 0.15) is 27.2 Å². The topological polar surface area (TPSA) is 88.1 Å². The molecule has 1 saturated heterocycles. The van der Waals surface area contributed by atoms with Crippen molar-refractivity contribution in [2.24, 2.45) is 0 Å². The van der Waals surface area contributed by atoms with E-state index in [1.54, 1.807) is 0 Å². The third-order valence-corrected chi connectivity index (χ3v) is 2.40. The van der Waals surface area contributed by atoms with Crippen molar-refractivity contribution in [3.05, 3.63) is 6.61 Å². The van der Waals surface area contributed by atoms with E-state index in [0.29, 0.717) is 6.42 Å². The van der Waals surface area contributed by atoms with Crippen LogP contribution in [0.5, 0.6) is 0 Å². The summed E-state index contributed by atoms with van der Waals surface area (Å²) in [6.45, 7) is 5.13. The summed E-state index contributed by atoms with van der Waals surface area (Å²) in [6.07, 6.45) is -1.83. The van der Waals surface area contributed by atoms with Crippen molar-refractivity contribution in [1.29, 1.82) is 0 Å². The Morgan fingerprint density at radius 3 is 2.26 bits per heavy atom. The van der Waals surface area contributed by atoms with Gasteiger partial charge in [0.15, 0.2) is 6.10 Å². The first-order valence-corrected chi connectivity index (χ1v) is 5.85. The van der Waals surface area contributed by atoms with Gasteiger partial charge in [-0.15, -0.1) is 0 Å². The van der Waals surface area contributed by atoms with E-state index >= 15 is 0 Å². The quantitative estimate of drug-likeness (QED) is 0.540. The van der Waals surface area contributed by atoms with Crippen LogP contribution in [-0.2, 0) is 33.3 Å². The van der Waals surface area contributed by atoms with E-state index in [1.807, 2.05) is 0 Å². The van der Waals surface area contributed by atoms with Gasteiger partial charge in [0.05, 0.1) is 6.61 Å². The Labute approximate surface area is 111 Å². The van der Waals surface area contributed by atoms with E-state index in [4.69, 9.17) is 18.9 Å². The predicted molar refractivity (Wildman–Crippen MR) is 61.5 cm³/mol. The highest BCUT2D eigenvalue weighted by molar-refractivity contribution is 5.67. The van der Waals surface area contributed by atoms with E-state index in [0.717, 1.165) is 0 Å². The number of esters is 3. The predicted octanol–water partition coefficient (Wildman–Crippen LogP) is 0.364. The van der Waals surface area contributed by atoms with Crippen molar-refractivity contribution >= 4 is 17.9 Å². The molecule has 0 aliphatic carbocycles. The van der Waals surface area contributed by atoms with Gasteiger partial charge in [0.1, 0.15) is 18.8 Å². The summed E-state index contributed by atoms with van der Waals surface area (Å²) in [6, 6.07) is 0. The molecule has 0 N–H and O–H groups in total. The minimum absolute atomic E-state index is 0.0818. The fourth-order valence-corrected chi connectivity index (χ4v) is 1.73. The van der Waals surface area contributed by atoms with Gasteiger partial charge in [-0.2, -0.15) is 0 Å². The van der Waals surface area contributed by atoms with Crippen molar-refractivity contribution in [3.8, 4) is 0 Å². The molecule has 0 bridgehead atoms. The van der Waals surface area contributed by atoms with Gasteiger partial charge >= 0.3 is 17.9 Å². The smallest absolute Gasteiger partial charge is 0.303 e. The molecule has 0 unspecified atom stereocenters. The lowest BCUT2D eigenvalue weighted by molar-refractivity contribution is -0.192. The maximum atomic E-state index is 11.1. The average molecular weight is 273 g/mol. The normalized spacial score (nSPS) is 26.4. The average Bonchev–Trinajstić information content (AvgIpc) is 2.28. The summed E-state index contributed by atoms with van der Waals surface area (Å²) in [5, 5.41) is 0. The van der Waals surface area contributed by atoms with Crippen LogP contribution >= 0.6 is 0 Å². The second kappa shape index (κ2) is 7.08. The largest absolute Gasteiger partial charge is 0.463 e. The van der Waals surface area contributed by atoms with Gasteiger partial charge < -0.3 is 18.9 Å². The number of hydrogen-bond acceptors (Lipinski definition) is 7. The van der Waals surface area contributed by atoms with E-state index in [2.05, 4.69) is 0 Å². The molecule has 0 aromatic carbocycles. The van der Waals surface area contributed by atoms with Crippen LogP contribution in [-0.4, -0.2) is 42.8 Å². The first kappa shape index (κ1) is 15.4. The Hall–Kier alpha value is -1.63. The molecule has 1 aliphatic heterocycles. The molecule has 0 spiro atoms. The van der Waals surface area contributed by atoms with Gasteiger partial charge in [0.2, 0.25) is 0 Å². The van der Waals surface area contributed by atoms with E-state index < -0.39 is 36.2 Å². The number of ether oxygens (including phenoxy) is 4. The van der Waals surface area contributed by atoms with Gasteiger partial charge in [-0.25, -0.2) is 0 Å². The summed E-state index contributed by atoms with van der Waals surface area (Å²) in [5.41, 5.74) is 0. The monoisotopic (exact) mass is 273 g/mol. The number of carbonyl (C=O) groups is 3. The van der Waals surface area contributed by atoms with Crippen LogP contribution in [0.25, 0.3) is 0 Å². The van der Waals surface area contributed by atoms with Crippen LogP contribution in [0.2, 0.25) is 0 Å². The second-order valence-corrected chi connectivity index (χ2v) is 4.10. The molecule has 0 amide bonds. The molecule has 1 fully saturated rings. The molecule has 1 heterocycles. The van der Waals surface area contributed by atoms with Gasteiger partial charge in [-0.3, -0.25) is 14.4 Å². The standard InChI is InChI=1S/C12H17O7/c1-7(13)17-6-11-12(19-9(3)15)10(4-5-16-11)18-8(2)14/h5,10-12H,4,6H2,1-3H3/t10-,11-,12-/m1/s1. The van der Waals surface area contributed by atoms with Gasteiger partial charge in [0.25, 0.3) is 0 Å². The lowest BCUT2D eigenvalue weighted by Crippen LogP contribution is -2.49. The minimum atomic E-state index is -0.800. The van der Waals surface area contributed by atoms with E-state index in [9.17, 15) is 14.4 Å². The highest BCUT2D eigenvalue weighted by Crippen LogP contribution is 2.24. The highest BCUT2D eigenvalue weighted by Gasteiger charge is 2.39. The molecular weight excluding hydrogens is 256 g/mol. The van der Waals surface area contributed by atoms with Crippen LogP contribution in [0.15, 0.2) is 0 Å². The maximum Gasteiger partial charge on any atom is 0.303 e. The third-order valence-electron chi connectivity index (χ3n) is 2.40. The molecule has 1 aliphatic rings. The Balaban J connectivity index is 2.72. The summed E-state index contributed by atoms with van der Waals surface area (Å²) in [4.78, 5) is 32.9. The zero-order chi connectivity index (χ0) is 14.4. The maximum absolute atomic E-state index is 11.1. The van der Waals surface area contributed by atoms with Crippen molar-refractivity contribution in [2.45, 2.75) is 45.5 Å². The summed E-state index contributed by atoms with van der Waals surface area (Å²) in [5.74, 6) is -1.48. The van der Waals surface area contributed by atoms with Crippen molar-refractivity contribution in [2.75, 3.05) is 6.61 Å². The van der Waals surface area contributed by atoms with Crippen LogP contribution in [0.4, 0.5) is 0 Å². The Morgan fingerprint density at radius 2 is 1.74 bits per heavy atom. The van der Waals surface area contributed by atoms with Crippen LogP contribution in [0, 0.1) is 6.61 Å². The fourth-order valence-electron chi connectivity index (χ4n) is 1.73. The van der Waals surface area contributed by atoms with E-state index in [-0.39, 0.29) is 6.61 Å². The van der Waals surface area contributed by atoms with Gasteiger partial charge in [-0.1, -0.05) is 0 Å². The van der Waals surface area contributed by atoms with Crippen molar-refractivity contribution in [3.63, 3.8) is 0 Å². The number of rotatable bonds is 4. The SMILES string of the molecule is CC(=O)OC[C@H]1O[CH]C[C@@H](OC(C)=O)[C@H]1OC(C)=O. The van der Waals surface area contributed by atoms with Crippen LogP contribution in [0.3, 0.4) is 0 Å². The lowest BCUT2D eigenvalue weighted by Gasteiger charge is -2.35. The molecule has 107 valence electrons. The van der Waals surface area contributed by atoms with Crippen LogP contribution < -0.4 is 0 Å². The summed E-state index contributed by atoms with van der Waals surface area (Å²) in [7, 11) is 0. The summed E-state index contributed by atoms with van der Waals surface area (Å²) >= 11 is 0. The molecule has 1 rings (SSSR count). The first-order valence-electron chi connectivity index (χ1n) is 5.85. The zero-order valence-electron chi connectivity index (χ0n) is 11.1. The molecule has 0 aromatic rings. The molecule has 1 radical (unpaired) electrons. The van der Waals surface area contributed by atoms with Gasteiger partial charge in [-0.05, 0) is 0 Å². The zero-order valence-corrected chi connectivity index (χ0v) is 11.1. The Kier molecular flexibility index (Phi) is 5.75. The van der Waals surface area contributed by atoms with Crippen molar-refractivity contribution in [1.82, 2.24) is 0 Å².